The summed E-state index contributed by atoms with van der Waals surface area (Å²) in [5.74, 6) is 0.526. The van der Waals surface area contributed by atoms with Gasteiger partial charge in [-0.05, 0) is 26.0 Å². The molecule has 0 aliphatic carbocycles. The number of hydrogen-bond acceptors (Lipinski definition) is 6. The van der Waals surface area contributed by atoms with Crippen molar-refractivity contribution < 1.29 is 19.0 Å². The second-order valence-corrected chi connectivity index (χ2v) is 6.81. The number of fused-ring (bicyclic) bond motifs is 1. The first-order valence-corrected chi connectivity index (χ1v) is 8.55. The van der Waals surface area contributed by atoms with Crippen LogP contribution in [0.2, 0.25) is 0 Å². The zero-order valence-corrected chi connectivity index (χ0v) is 14.4. The molecule has 1 aromatic heterocycles. The third-order valence-electron chi connectivity index (χ3n) is 3.70. The summed E-state index contributed by atoms with van der Waals surface area (Å²) in [5, 5.41) is 1.06. The Balaban J connectivity index is 2.08. The zero-order valence-electron chi connectivity index (χ0n) is 13.6. The quantitative estimate of drug-likeness (QED) is 0.802. The number of ether oxygens (including phenoxy) is 3. The van der Waals surface area contributed by atoms with E-state index < -0.39 is 0 Å². The number of morpholine rings is 1. The number of hydrogen-bond donors (Lipinski definition) is 0. The fourth-order valence-electron chi connectivity index (χ4n) is 2.70. The molecule has 2 heterocycles. The van der Waals surface area contributed by atoms with E-state index in [9.17, 15) is 4.79 Å². The van der Waals surface area contributed by atoms with E-state index in [1.165, 1.54) is 18.4 Å². The maximum atomic E-state index is 11.9. The summed E-state index contributed by atoms with van der Waals surface area (Å²) in [7, 11) is 1.41. The van der Waals surface area contributed by atoms with Gasteiger partial charge in [-0.1, -0.05) is 0 Å². The Morgan fingerprint density at radius 1 is 1.26 bits per heavy atom. The number of thiophene rings is 1. The summed E-state index contributed by atoms with van der Waals surface area (Å²) in [6.45, 7) is 7.11. The molecule has 6 heteroatoms. The molecule has 1 fully saturated rings. The van der Waals surface area contributed by atoms with Gasteiger partial charge >= 0.3 is 5.97 Å². The van der Waals surface area contributed by atoms with E-state index in [0.717, 1.165) is 34.6 Å². The van der Waals surface area contributed by atoms with Crippen LogP contribution in [-0.4, -0.2) is 45.5 Å². The number of carbonyl (C=O) groups is 1. The van der Waals surface area contributed by atoms with Crippen molar-refractivity contribution in [3.8, 4) is 5.75 Å². The van der Waals surface area contributed by atoms with E-state index in [4.69, 9.17) is 14.2 Å². The van der Waals surface area contributed by atoms with E-state index in [0.29, 0.717) is 18.1 Å². The lowest BCUT2D eigenvalue weighted by molar-refractivity contribution is 0.0606. The maximum Gasteiger partial charge on any atom is 0.348 e. The van der Waals surface area contributed by atoms with E-state index in [1.54, 1.807) is 0 Å². The van der Waals surface area contributed by atoms with Crippen LogP contribution in [0.4, 0.5) is 5.69 Å². The zero-order chi connectivity index (χ0) is 16.4. The molecule has 1 aliphatic heterocycles. The number of carbonyl (C=O) groups excluding carboxylic acids is 1. The van der Waals surface area contributed by atoms with Gasteiger partial charge in [0.1, 0.15) is 10.6 Å². The van der Waals surface area contributed by atoms with Crippen LogP contribution in [0.5, 0.6) is 5.75 Å². The summed E-state index contributed by atoms with van der Waals surface area (Å²) >= 11 is 1.44. The van der Waals surface area contributed by atoms with Crippen molar-refractivity contribution in [2.75, 3.05) is 38.3 Å². The molecule has 1 saturated heterocycles. The average Bonchev–Trinajstić information content (AvgIpc) is 2.97. The largest absolute Gasteiger partial charge is 0.491 e. The summed E-state index contributed by atoms with van der Waals surface area (Å²) in [5.41, 5.74) is 1.09. The van der Waals surface area contributed by atoms with E-state index >= 15 is 0 Å². The maximum absolute atomic E-state index is 11.9. The predicted molar refractivity (Wildman–Crippen MR) is 92.0 cm³/mol. The molecular formula is C17H21NO4S. The molecule has 0 N–H and O–H groups in total. The van der Waals surface area contributed by atoms with Gasteiger partial charge in [-0.15, -0.1) is 11.3 Å². The third kappa shape index (κ3) is 3.43. The molecule has 2 aromatic rings. The molecule has 0 radical (unpaired) electrons. The summed E-state index contributed by atoms with van der Waals surface area (Å²) < 4.78 is 17.2. The first-order valence-electron chi connectivity index (χ1n) is 7.73. The number of esters is 1. The summed E-state index contributed by atoms with van der Waals surface area (Å²) in [6, 6.07) is 5.97. The lowest BCUT2D eigenvalue weighted by Crippen LogP contribution is -2.36. The lowest BCUT2D eigenvalue weighted by Gasteiger charge is -2.30. The monoisotopic (exact) mass is 335 g/mol. The highest BCUT2D eigenvalue weighted by Gasteiger charge is 2.19. The van der Waals surface area contributed by atoms with Crippen molar-refractivity contribution in [2.24, 2.45) is 0 Å². The van der Waals surface area contributed by atoms with Gasteiger partial charge in [-0.3, -0.25) is 0 Å². The van der Waals surface area contributed by atoms with Crippen LogP contribution in [0.1, 0.15) is 23.5 Å². The minimum absolute atomic E-state index is 0.102. The second-order valence-electron chi connectivity index (χ2n) is 5.72. The summed E-state index contributed by atoms with van der Waals surface area (Å²) in [4.78, 5) is 14.8. The Morgan fingerprint density at radius 3 is 2.65 bits per heavy atom. The van der Waals surface area contributed by atoms with Crippen molar-refractivity contribution >= 4 is 33.1 Å². The Kier molecular flexibility index (Phi) is 4.73. The summed E-state index contributed by atoms with van der Waals surface area (Å²) in [6.07, 6.45) is 0.102. The highest BCUT2D eigenvalue weighted by atomic mass is 32.1. The minimum Gasteiger partial charge on any atom is -0.491 e. The molecule has 23 heavy (non-hydrogen) atoms. The van der Waals surface area contributed by atoms with Crippen molar-refractivity contribution in [1.29, 1.82) is 0 Å². The Labute approximate surface area is 139 Å². The highest BCUT2D eigenvalue weighted by Crippen LogP contribution is 2.38. The fourth-order valence-corrected chi connectivity index (χ4v) is 3.73. The molecule has 1 aliphatic rings. The van der Waals surface area contributed by atoms with E-state index in [-0.39, 0.29) is 12.1 Å². The van der Waals surface area contributed by atoms with Crippen molar-refractivity contribution in [2.45, 2.75) is 20.0 Å². The molecule has 0 saturated carbocycles. The van der Waals surface area contributed by atoms with Gasteiger partial charge in [0.2, 0.25) is 0 Å². The molecule has 0 unspecified atom stereocenters. The van der Waals surface area contributed by atoms with Crippen LogP contribution >= 0.6 is 11.3 Å². The number of methoxy groups -OCH3 is 1. The topological polar surface area (TPSA) is 48.0 Å². The SMILES string of the molecule is COC(=O)c1cc2c(N3CCOCC3)cc(OC(C)C)cc2s1. The van der Waals surface area contributed by atoms with Crippen LogP contribution in [-0.2, 0) is 9.47 Å². The van der Waals surface area contributed by atoms with Gasteiger partial charge < -0.3 is 19.1 Å². The molecule has 0 atom stereocenters. The van der Waals surface area contributed by atoms with Gasteiger partial charge in [0, 0.05) is 34.9 Å². The third-order valence-corrected chi connectivity index (χ3v) is 4.76. The normalized spacial score (nSPS) is 15.2. The second kappa shape index (κ2) is 6.76. The van der Waals surface area contributed by atoms with E-state index in [2.05, 4.69) is 11.0 Å². The van der Waals surface area contributed by atoms with Crippen molar-refractivity contribution in [3.05, 3.63) is 23.1 Å². The van der Waals surface area contributed by atoms with Gasteiger partial charge in [0.05, 0.1) is 26.4 Å². The van der Waals surface area contributed by atoms with Crippen molar-refractivity contribution in [3.63, 3.8) is 0 Å². The molecule has 0 spiro atoms. The number of anilines is 1. The Morgan fingerprint density at radius 2 is 2.00 bits per heavy atom. The van der Waals surface area contributed by atoms with Crippen LogP contribution in [0.15, 0.2) is 18.2 Å². The van der Waals surface area contributed by atoms with Crippen LogP contribution in [0.25, 0.3) is 10.1 Å². The first kappa shape index (κ1) is 16.1. The molecule has 124 valence electrons. The fraction of sp³-hybridized carbons (Fsp3) is 0.471. The molecule has 1 aromatic carbocycles. The number of rotatable bonds is 4. The van der Waals surface area contributed by atoms with Crippen LogP contribution in [0.3, 0.4) is 0 Å². The van der Waals surface area contributed by atoms with Crippen molar-refractivity contribution in [1.82, 2.24) is 0 Å². The highest BCUT2D eigenvalue weighted by molar-refractivity contribution is 7.20. The van der Waals surface area contributed by atoms with Gasteiger partial charge in [-0.2, -0.15) is 0 Å². The predicted octanol–water partition coefficient (Wildman–Crippen LogP) is 3.31. The first-order chi connectivity index (χ1) is 11.1. The minimum atomic E-state index is -0.301. The standard InChI is InChI=1S/C17H21NO4S/c1-11(2)22-12-8-14(18-4-6-21-7-5-18)13-10-16(17(19)20-3)23-15(13)9-12/h8-11H,4-7H2,1-3H3. The van der Waals surface area contributed by atoms with Gasteiger partial charge in [0.25, 0.3) is 0 Å². The molecule has 0 bridgehead atoms. The van der Waals surface area contributed by atoms with E-state index in [1.807, 2.05) is 26.0 Å². The van der Waals surface area contributed by atoms with Gasteiger partial charge in [-0.25, -0.2) is 4.79 Å². The Hall–Kier alpha value is -1.79. The molecule has 0 amide bonds. The molecular weight excluding hydrogens is 314 g/mol. The van der Waals surface area contributed by atoms with Crippen LogP contribution in [0, 0.1) is 0 Å². The smallest absolute Gasteiger partial charge is 0.348 e. The van der Waals surface area contributed by atoms with Gasteiger partial charge in [0.15, 0.2) is 0 Å². The molecule has 5 nitrogen and oxygen atoms in total. The van der Waals surface area contributed by atoms with Crippen LogP contribution < -0.4 is 9.64 Å². The number of benzene rings is 1. The number of nitrogens with zero attached hydrogens (tertiary/aromatic N) is 1. The average molecular weight is 335 g/mol. The Bertz CT molecular complexity index is 704. The lowest BCUT2D eigenvalue weighted by atomic mass is 10.1. The molecule has 3 rings (SSSR count).